The third kappa shape index (κ3) is 5.89. The molecule has 0 aliphatic carbocycles. The molecular formula is C17H26FNO9. The van der Waals surface area contributed by atoms with Crippen LogP contribution in [0.4, 0.5) is 4.39 Å². The normalized spacial score (nSPS) is 11.2. The highest BCUT2D eigenvalue weighted by atomic mass is 19.1. The summed E-state index contributed by atoms with van der Waals surface area (Å²) in [5.41, 5.74) is -6.40. The second kappa shape index (κ2) is 11.2. The fraction of sp³-hybridized carbons (Fsp3) is 0.706. The number of amides is 1. The van der Waals surface area contributed by atoms with Gasteiger partial charge < -0.3 is 24.3 Å². The molecule has 160 valence electrons. The minimum absolute atomic E-state index is 0.238. The third-order valence-corrected chi connectivity index (χ3v) is 3.34. The lowest BCUT2D eigenvalue weighted by molar-refractivity contribution is -0.182. The van der Waals surface area contributed by atoms with E-state index in [0.29, 0.717) is 0 Å². The van der Waals surface area contributed by atoms with E-state index in [-0.39, 0.29) is 26.4 Å². The molecule has 0 saturated heterocycles. The Balaban J connectivity index is 6.50. The van der Waals surface area contributed by atoms with Gasteiger partial charge >= 0.3 is 29.5 Å². The number of rotatable bonds is 11. The number of halogens is 1. The number of ether oxygens (including phenoxy) is 4. The molecule has 1 amide bonds. The summed E-state index contributed by atoms with van der Waals surface area (Å²) in [6.45, 7) is 5.41. The van der Waals surface area contributed by atoms with Crippen LogP contribution in [0, 0.1) is 0 Å². The zero-order chi connectivity index (χ0) is 22.0. The minimum atomic E-state index is -3.59. The van der Waals surface area contributed by atoms with Crippen LogP contribution in [0.25, 0.3) is 0 Å². The van der Waals surface area contributed by atoms with Crippen molar-refractivity contribution in [1.29, 1.82) is 0 Å². The van der Waals surface area contributed by atoms with E-state index in [9.17, 15) is 24.0 Å². The lowest BCUT2D eigenvalue weighted by Crippen LogP contribution is -2.66. The molecule has 0 rings (SSSR count). The number of hydrogen-bond acceptors (Lipinski definition) is 9. The molecule has 0 aromatic rings. The highest BCUT2D eigenvalue weighted by Crippen LogP contribution is 2.30. The fourth-order valence-electron chi connectivity index (χ4n) is 2.27. The number of alkyl halides is 1. The van der Waals surface area contributed by atoms with Crippen molar-refractivity contribution in [2.75, 3.05) is 26.4 Å². The second-order valence-electron chi connectivity index (χ2n) is 5.45. The Hall–Kier alpha value is -2.72. The summed E-state index contributed by atoms with van der Waals surface area (Å²) in [6.07, 6.45) is -1.46. The average molecular weight is 407 g/mol. The lowest BCUT2D eigenvalue weighted by Gasteiger charge is -2.33. The van der Waals surface area contributed by atoms with Crippen molar-refractivity contribution in [2.24, 2.45) is 0 Å². The van der Waals surface area contributed by atoms with E-state index in [1.54, 1.807) is 0 Å². The maximum absolute atomic E-state index is 15.6. The first-order valence-electron chi connectivity index (χ1n) is 8.72. The monoisotopic (exact) mass is 407 g/mol. The molecule has 0 aromatic heterocycles. The number of carbonyl (C=O) groups excluding carboxylic acids is 5. The Bertz CT molecular complexity index is 569. The van der Waals surface area contributed by atoms with Crippen LogP contribution in [0.15, 0.2) is 0 Å². The fourth-order valence-corrected chi connectivity index (χ4v) is 2.27. The summed E-state index contributed by atoms with van der Waals surface area (Å²) in [4.78, 5) is 61.1. The number of esters is 4. The molecule has 10 nitrogen and oxygen atoms in total. The van der Waals surface area contributed by atoms with Gasteiger partial charge in [0.05, 0.1) is 26.4 Å². The summed E-state index contributed by atoms with van der Waals surface area (Å²) < 4.78 is 34.3. The molecule has 0 bridgehead atoms. The quantitative estimate of drug-likeness (QED) is 0.290. The molecule has 0 aliphatic heterocycles. The highest BCUT2D eigenvalue weighted by Gasteiger charge is 2.62. The van der Waals surface area contributed by atoms with Gasteiger partial charge in [0.1, 0.15) is 0 Å². The van der Waals surface area contributed by atoms with E-state index < -0.39 is 47.4 Å². The Morgan fingerprint density at radius 3 is 1.32 bits per heavy atom. The molecule has 28 heavy (non-hydrogen) atoms. The van der Waals surface area contributed by atoms with Gasteiger partial charge in [0.15, 0.2) is 0 Å². The topological polar surface area (TPSA) is 134 Å². The van der Waals surface area contributed by atoms with Gasteiger partial charge in [-0.25, -0.2) is 23.6 Å². The van der Waals surface area contributed by atoms with Crippen LogP contribution in [0.5, 0.6) is 0 Å². The standard InChI is InChI=1S/C17H26FNO9/c1-6-25-12(21)16(18,13(22)26-7-2)10-17(19-11(5)20,14(23)27-8-3)15(24)28-9-4/h6-10H2,1-5H3,(H,19,20). The molecule has 1 N–H and O–H groups in total. The Labute approximate surface area is 162 Å². The van der Waals surface area contributed by atoms with Crippen molar-refractivity contribution >= 4 is 29.8 Å². The minimum Gasteiger partial charge on any atom is -0.464 e. The van der Waals surface area contributed by atoms with Crippen LogP contribution in [0.3, 0.4) is 0 Å². The van der Waals surface area contributed by atoms with Crippen LogP contribution in [-0.2, 0) is 42.9 Å². The van der Waals surface area contributed by atoms with E-state index in [0.717, 1.165) is 6.92 Å². The van der Waals surface area contributed by atoms with E-state index >= 15 is 4.39 Å². The molecular weight excluding hydrogens is 381 g/mol. The summed E-state index contributed by atoms with van der Waals surface area (Å²) in [6, 6.07) is 0. The predicted molar refractivity (Wildman–Crippen MR) is 91.5 cm³/mol. The van der Waals surface area contributed by atoms with Crippen LogP contribution in [0.1, 0.15) is 41.0 Å². The van der Waals surface area contributed by atoms with Gasteiger partial charge in [-0.15, -0.1) is 0 Å². The number of nitrogens with one attached hydrogen (secondary N) is 1. The SMILES string of the molecule is CCOC(=O)C(F)(CC(NC(C)=O)(C(=O)OCC)C(=O)OCC)C(=O)OCC. The Morgan fingerprint density at radius 2 is 1.04 bits per heavy atom. The van der Waals surface area contributed by atoms with Gasteiger partial charge in [-0.2, -0.15) is 0 Å². The van der Waals surface area contributed by atoms with Gasteiger partial charge in [-0.05, 0) is 27.7 Å². The van der Waals surface area contributed by atoms with Gasteiger partial charge in [-0.3, -0.25) is 4.79 Å². The molecule has 0 saturated carbocycles. The summed E-state index contributed by atoms with van der Waals surface area (Å²) in [7, 11) is 0. The van der Waals surface area contributed by atoms with Gasteiger partial charge in [-0.1, -0.05) is 0 Å². The lowest BCUT2D eigenvalue weighted by atomic mass is 9.84. The van der Waals surface area contributed by atoms with E-state index in [2.05, 4.69) is 9.47 Å². The van der Waals surface area contributed by atoms with Crippen molar-refractivity contribution in [2.45, 2.75) is 52.2 Å². The molecule has 0 spiro atoms. The highest BCUT2D eigenvalue weighted by molar-refractivity contribution is 6.11. The van der Waals surface area contributed by atoms with E-state index in [4.69, 9.17) is 9.47 Å². The van der Waals surface area contributed by atoms with E-state index in [1.165, 1.54) is 27.7 Å². The van der Waals surface area contributed by atoms with Crippen molar-refractivity contribution in [1.82, 2.24) is 5.32 Å². The van der Waals surface area contributed by atoms with Crippen molar-refractivity contribution < 1.29 is 47.3 Å². The summed E-state index contributed by atoms with van der Waals surface area (Å²) in [5.74, 6) is -7.11. The smallest absolute Gasteiger partial charge is 0.355 e. The zero-order valence-electron chi connectivity index (χ0n) is 16.6. The molecule has 0 aromatic carbocycles. The van der Waals surface area contributed by atoms with Crippen LogP contribution in [-0.4, -0.2) is 67.4 Å². The maximum atomic E-state index is 15.6. The van der Waals surface area contributed by atoms with Crippen LogP contribution < -0.4 is 5.32 Å². The molecule has 11 heteroatoms. The molecule has 0 fully saturated rings. The first kappa shape index (κ1) is 25.3. The summed E-state index contributed by atoms with van der Waals surface area (Å²) >= 11 is 0. The van der Waals surface area contributed by atoms with E-state index in [1.807, 2.05) is 5.32 Å². The second-order valence-corrected chi connectivity index (χ2v) is 5.45. The van der Waals surface area contributed by atoms with Gasteiger partial charge in [0.25, 0.3) is 0 Å². The Kier molecular flexibility index (Phi) is 10.1. The Morgan fingerprint density at radius 1 is 0.714 bits per heavy atom. The molecule has 0 heterocycles. The predicted octanol–water partition coefficient (Wildman–Crippen LogP) is 0.212. The summed E-state index contributed by atoms with van der Waals surface area (Å²) in [5, 5.41) is 1.97. The first-order chi connectivity index (χ1) is 13.0. The zero-order valence-corrected chi connectivity index (χ0v) is 16.6. The largest absolute Gasteiger partial charge is 0.464 e. The van der Waals surface area contributed by atoms with Crippen molar-refractivity contribution in [3.8, 4) is 0 Å². The number of carbonyl (C=O) groups is 5. The van der Waals surface area contributed by atoms with Gasteiger partial charge in [0.2, 0.25) is 11.4 Å². The first-order valence-corrected chi connectivity index (χ1v) is 8.72. The number of hydrogen-bond donors (Lipinski definition) is 1. The third-order valence-electron chi connectivity index (χ3n) is 3.34. The average Bonchev–Trinajstić information content (AvgIpc) is 2.61. The van der Waals surface area contributed by atoms with Crippen molar-refractivity contribution in [3.05, 3.63) is 0 Å². The maximum Gasteiger partial charge on any atom is 0.355 e. The molecule has 0 radical (unpaired) electrons. The molecule has 0 atom stereocenters. The van der Waals surface area contributed by atoms with Gasteiger partial charge in [0, 0.05) is 13.3 Å². The molecule has 0 unspecified atom stereocenters. The van der Waals surface area contributed by atoms with Crippen LogP contribution >= 0.6 is 0 Å². The van der Waals surface area contributed by atoms with Crippen LogP contribution in [0.2, 0.25) is 0 Å². The molecule has 0 aliphatic rings. The van der Waals surface area contributed by atoms with Crippen molar-refractivity contribution in [3.63, 3.8) is 0 Å².